The molecule has 156 valence electrons. The van der Waals surface area contributed by atoms with Gasteiger partial charge in [-0.15, -0.1) is 0 Å². The number of hydrogen-bond acceptors (Lipinski definition) is 2. The second kappa shape index (κ2) is 8.43. The lowest BCUT2D eigenvalue weighted by Gasteiger charge is -2.23. The fourth-order valence-corrected chi connectivity index (χ4v) is 7.47. The van der Waals surface area contributed by atoms with Crippen LogP contribution in [0.5, 0.6) is 5.75 Å². The van der Waals surface area contributed by atoms with Crippen LogP contribution >= 0.6 is 23.1 Å². The summed E-state index contributed by atoms with van der Waals surface area (Å²) in [6.45, 7) is 0. The summed E-state index contributed by atoms with van der Waals surface area (Å²) in [6.07, 6.45) is 0. The second-order valence-electron chi connectivity index (χ2n) is 7.62. The standard InChI is InChI=1S/C28H20BrO2P/c29-21-16-17-24-20(19-21)15-18-26(30)28(24)25-13-7-8-14-27(25)32(31,22-9-3-1-4-10-22)23-11-5-2-6-12-23/h1-19,30H. The fourth-order valence-electron chi connectivity index (χ4n) is 4.23. The molecule has 0 unspecified atom stereocenters. The summed E-state index contributed by atoms with van der Waals surface area (Å²) in [5.74, 6) is 0.167. The second-order valence-corrected chi connectivity index (χ2v) is 11.3. The van der Waals surface area contributed by atoms with Gasteiger partial charge in [0.15, 0.2) is 7.14 Å². The van der Waals surface area contributed by atoms with Crippen molar-refractivity contribution in [2.24, 2.45) is 0 Å². The van der Waals surface area contributed by atoms with Crippen molar-refractivity contribution in [2.75, 3.05) is 0 Å². The Morgan fingerprint density at radius 3 is 1.91 bits per heavy atom. The molecule has 0 aliphatic rings. The molecule has 5 rings (SSSR count). The van der Waals surface area contributed by atoms with Crippen molar-refractivity contribution in [1.29, 1.82) is 0 Å². The minimum absolute atomic E-state index is 0.167. The molecule has 0 amide bonds. The maximum atomic E-state index is 15.0. The Hall–Kier alpha value is -3.13. The van der Waals surface area contributed by atoms with E-state index in [2.05, 4.69) is 15.9 Å². The monoisotopic (exact) mass is 498 g/mol. The molecule has 0 fully saturated rings. The molecule has 0 bridgehead atoms. The van der Waals surface area contributed by atoms with Crippen molar-refractivity contribution in [1.82, 2.24) is 0 Å². The maximum absolute atomic E-state index is 15.0. The average molecular weight is 499 g/mol. The first-order valence-electron chi connectivity index (χ1n) is 10.3. The zero-order valence-corrected chi connectivity index (χ0v) is 19.6. The SMILES string of the molecule is O=P(c1ccccc1)(c1ccccc1)c1ccccc1-c1c(O)ccc2cc(Br)ccc12. The molecule has 1 N–H and O–H groups in total. The Morgan fingerprint density at radius 2 is 1.25 bits per heavy atom. The largest absolute Gasteiger partial charge is 0.507 e. The van der Waals surface area contributed by atoms with Crippen LogP contribution < -0.4 is 15.9 Å². The number of hydrogen-bond donors (Lipinski definition) is 1. The van der Waals surface area contributed by atoms with Crippen LogP contribution in [-0.4, -0.2) is 5.11 Å². The van der Waals surface area contributed by atoms with Crippen LogP contribution in [0.2, 0.25) is 0 Å². The van der Waals surface area contributed by atoms with Crippen LogP contribution in [0.1, 0.15) is 0 Å². The highest BCUT2D eigenvalue weighted by atomic mass is 79.9. The molecule has 2 nitrogen and oxygen atoms in total. The van der Waals surface area contributed by atoms with Crippen molar-refractivity contribution in [2.45, 2.75) is 0 Å². The Labute approximate surface area is 195 Å². The molecule has 0 heterocycles. The van der Waals surface area contributed by atoms with E-state index in [1.165, 1.54) is 0 Å². The molecule has 0 saturated heterocycles. The van der Waals surface area contributed by atoms with Gasteiger partial charge in [0.05, 0.1) is 0 Å². The summed E-state index contributed by atoms with van der Waals surface area (Å²) in [4.78, 5) is 0. The summed E-state index contributed by atoms with van der Waals surface area (Å²) in [5.41, 5.74) is 1.46. The quantitative estimate of drug-likeness (QED) is 0.283. The molecule has 5 aromatic carbocycles. The van der Waals surface area contributed by atoms with Crippen molar-refractivity contribution < 1.29 is 9.67 Å². The summed E-state index contributed by atoms with van der Waals surface area (Å²) in [6, 6.07) is 36.5. The lowest BCUT2D eigenvalue weighted by molar-refractivity contribution is 0.478. The number of halogens is 1. The predicted octanol–water partition coefficient (Wildman–Crippen LogP) is 6.61. The fraction of sp³-hybridized carbons (Fsp3) is 0. The molecule has 0 atom stereocenters. The molecule has 0 saturated carbocycles. The van der Waals surface area contributed by atoms with Crippen LogP contribution in [0.15, 0.2) is 120 Å². The van der Waals surface area contributed by atoms with Crippen LogP contribution in [0.3, 0.4) is 0 Å². The van der Waals surface area contributed by atoms with Gasteiger partial charge in [0.2, 0.25) is 0 Å². The van der Waals surface area contributed by atoms with Crippen LogP contribution in [0.4, 0.5) is 0 Å². The zero-order chi connectivity index (χ0) is 22.1. The Bertz CT molecular complexity index is 1420. The number of aromatic hydroxyl groups is 1. The van der Waals surface area contributed by atoms with E-state index in [-0.39, 0.29) is 5.75 Å². The first-order valence-corrected chi connectivity index (χ1v) is 12.8. The van der Waals surface area contributed by atoms with Gasteiger partial charge in [-0.05, 0) is 34.5 Å². The molecule has 0 aromatic heterocycles. The molecule has 0 aliphatic heterocycles. The van der Waals surface area contributed by atoms with Crippen molar-refractivity contribution in [3.63, 3.8) is 0 Å². The highest BCUT2D eigenvalue weighted by Crippen LogP contribution is 2.47. The van der Waals surface area contributed by atoms with Gasteiger partial charge >= 0.3 is 0 Å². The molecule has 0 spiro atoms. The summed E-state index contributed by atoms with van der Waals surface area (Å²) in [7, 11) is -3.21. The summed E-state index contributed by atoms with van der Waals surface area (Å²) < 4.78 is 16.0. The predicted molar refractivity (Wildman–Crippen MR) is 138 cm³/mol. The third kappa shape index (κ3) is 3.48. The molecule has 32 heavy (non-hydrogen) atoms. The van der Waals surface area contributed by atoms with E-state index in [0.29, 0.717) is 10.9 Å². The van der Waals surface area contributed by atoms with E-state index < -0.39 is 7.14 Å². The van der Waals surface area contributed by atoms with Crippen LogP contribution in [0.25, 0.3) is 21.9 Å². The first kappa shape index (κ1) is 20.8. The molecule has 4 heteroatoms. The molecular formula is C28H20BrO2P. The molecular weight excluding hydrogens is 479 g/mol. The topological polar surface area (TPSA) is 37.3 Å². The van der Waals surface area contributed by atoms with Gasteiger partial charge in [-0.3, -0.25) is 0 Å². The minimum atomic E-state index is -3.21. The molecule has 5 aromatic rings. The van der Waals surface area contributed by atoms with Crippen LogP contribution in [0, 0.1) is 0 Å². The van der Waals surface area contributed by atoms with E-state index in [0.717, 1.165) is 31.4 Å². The number of fused-ring (bicyclic) bond motifs is 1. The van der Waals surface area contributed by atoms with Crippen LogP contribution in [-0.2, 0) is 4.57 Å². The number of phenols is 1. The van der Waals surface area contributed by atoms with E-state index in [1.807, 2.05) is 109 Å². The third-order valence-electron chi connectivity index (χ3n) is 5.71. The Kier molecular flexibility index (Phi) is 5.46. The average Bonchev–Trinajstić information content (AvgIpc) is 2.85. The zero-order valence-electron chi connectivity index (χ0n) is 17.2. The van der Waals surface area contributed by atoms with E-state index in [1.54, 1.807) is 6.07 Å². The first-order chi connectivity index (χ1) is 15.6. The van der Waals surface area contributed by atoms with Gasteiger partial charge in [0, 0.05) is 25.9 Å². The van der Waals surface area contributed by atoms with Gasteiger partial charge in [0.1, 0.15) is 5.75 Å². The van der Waals surface area contributed by atoms with Crippen molar-refractivity contribution in [3.8, 4) is 16.9 Å². The smallest absolute Gasteiger partial charge is 0.171 e. The highest BCUT2D eigenvalue weighted by Gasteiger charge is 2.32. The highest BCUT2D eigenvalue weighted by molar-refractivity contribution is 9.10. The van der Waals surface area contributed by atoms with E-state index in [9.17, 15) is 5.11 Å². The number of rotatable bonds is 4. The minimum Gasteiger partial charge on any atom is -0.507 e. The van der Waals surface area contributed by atoms with Gasteiger partial charge in [-0.25, -0.2) is 0 Å². The summed E-state index contributed by atoms with van der Waals surface area (Å²) in [5, 5.41) is 15.1. The van der Waals surface area contributed by atoms with Gasteiger partial charge in [-0.2, -0.15) is 0 Å². The third-order valence-corrected chi connectivity index (χ3v) is 9.32. The number of phenolic OH excluding ortho intramolecular Hbond substituents is 1. The van der Waals surface area contributed by atoms with Gasteiger partial charge in [-0.1, -0.05) is 113 Å². The van der Waals surface area contributed by atoms with E-state index in [4.69, 9.17) is 0 Å². The molecule has 0 aliphatic carbocycles. The van der Waals surface area contributed by atoms with Crippen molar-refractivity contribution in [3.05, 3.63) is 120 Å². The summed E-state index contributed by atoms with van der Waals surface area (Å²) >= 11 is 3.53. The normalized spacial score (nSPS) is 11.5. The molecule has 0 radical (unpaired) electrons. The Morgan fingerprint density at radius 1 is 0.656 bits per heavy atom. The van der Waals surface area contributed by atoms with Gasteiger partial charge < -0.3 is 9.67 Å². The lowest BCUT2D eigenvalue weighted by atomic mass is 9.97. The number of benzene rings is 5. The lowest BCUT2D eigenvalue weighted by Crippen LogP contribution is -2.26. The van der Waals surface area contributed by atoms with Crippen molar-refractivity contribution >= 4 is 49.8 Å². The van der Waals surface area contributed by atoms with Gasteiger partial charge in [0.25, 0.3) is 0 Å². The maximum Gasteiger partial charge on any atom is 0.171 e. The van der Waals surface area contributed by atoms with E-state index >= 15 is 4.57 Å². The Balaban J connectivity index is 1.87.